The van der Waals surface area contributed by atoms with Gasteiger partial charge in [0.05, 0.1) is 7.11 Å². The first-order valence-electron chi connectivity index (χ1n) is 7.10. The molecule has 0 spiro atoms. The third kappa shape index (κ3) is 3.35. The molecule has 4 nitrogen and oxygen atoms in total. The number of halogens is 1. The van der Waals surface area contributed by atoms with Gasteiger partial charge in [-0.1, -0.05) is 25.4 Å². The van der Waals surface area contributed by atoms with E-state index in [2.05, 4.69) is 13.8 Å². The highest BCUT2D eigenvalue weighted by molar-refractivity contribution is 7.89. The van der Waals surface area contributed by atoms with Crippen LogP contribution in [0.3, 0.4) is 0 Å². The van der Waals surface area contributed by atoms with Crippen LogP contribution in [0.25, 0.3) is 0 Å². The van der Waals surface area contributed by atoms with E-state index in [-0.39, 0.29) is 4.90 Å². The molecule has 21 heavy (non-hydrogen) atoms. The van der Waals surface area contributed by atoms with Crippen LogP contribution >= 0.6 is 11.6 Å². The van der Waals surface area contributed by atoms with Crippen LogP contribution in [0.15, 0.2) is 17.0 Å². The molecule has 0 bridgehead atoms. The van der Waals surface area contributed by atoms with Crippen molar-refractivity contribution in [2.75, 3.05) is 20.2 Å². The Kier molecular flexibility index (Phi) is 4.85. The van der Waals surface area contributed by atoms with Crippen LogP contribution in [0.5, 0.6) is 5.75 Å². The second-order valence-electron chi connectivity index (χ2n) is 6.02. The van der Waals surface area contributed by atoms with Gasteiger partial charge in [-0.25, -0.2) is 8.42 Å². The van der Waals surface area contributed by atoms with Crippen LogP contribution in [0.1, 0.15) is 25.8 Å². The zero-order valence-electron chi connectivity index (χ0n) is 12.9. The Morgan fingerprint density at radius 1 is 1.24 bits per heavy atom. The topological polar surface area (TPSA) is 46.6 Å². The molecule has 0 aromatic heterocycles. The van der Waals surface area contributed by atoms with E-state index in [1.807, 2.05) is 6.92 Å². The Morgan fingerprint density at radius 3 is 2.33 bits per heavy atom. The molecule has 118 valence electrons. The summed E-state index contributed by atoms with van der Waals surface area (Å²) in [7, 11) is -2.11. The third-order valence-corrected chi connectivity index (χ3v) is 6.16. The maximum Gasteiger partial charge on any atom is 0.246 e. The molecule has 2 unspecified atom stereocenters. The molecule has 0 aliphatic carbocycles. The molecule has 2 rings (SSSR count). The lowest BCUT2D eigenvalue weighted by Crippen LogP contribution is -2.42. The average molecular weight is 332 g/mol. The van der Waals surface area contributed by atoms with Crippen molar-refractivity contribution in [2.24, 2.45) is 11.8 Å². The molecule has 1 aliphatic rings. The molecule has 1 aliphatic heterocycles. The van der Waals surface area contributed by atoms with E-state index in [0.29, 0.717) is 35.7 Å². The maximum absolute atomic E-state index is 12.9. The zero-order valence-corrected chi connectivity index (χ0v) is 14.5. The number of hydrogen-bond donors (Lipinski definition) is 0. The van der Waals surface area contributed by atoms with E-state index in [1.165, 1.54) is 13.2 Å². The fourth-order valence-corrected chi connectivity index (χ4v) is 5.01. The highest BCUT2D eigenvalue weighted by atomic mass is 35.5. The summed E-state index contributed by atoms with van der Waals surface area (Å²) in [5.41, 5.74) is 0.799. The van der Waals surface area contributed by atoms with Crippen LogP contribution in [-0.2, 0) is 10.0 Å². The quantitative estimate of drug-likeness (QED) is 0.853. The summed E-state index contributed by atoms with van der Waals surface area (Å²) in [6.07, 6.45) is 1.05. The molecule has 1 heterocycles. The van der Waals surface area contributed by atoms with Crippen LogP contribution in [-0.4, -0.2) is 32.9 Å². The number of benzene rings is 1. The van der Waals surface area contributed by atoms with Crippen LogP contribution in [0.4, 0.5) is 0 Å². The minimum atomic E-state index is -3.59. The minimum Gasteiger partial charge on any atom is -0.495 e. The van der Waals surface area contributed by atoms with Gasteiger partial charge in [0.25, 0.3) is 0 Å². The Bertz CT molecular complexity index is 620. The van der Waals surface area contributed by atoms with Gasteiger partial charge >= 0.3 is 0 Å². The molecule has 1 aromatic rings. The van der Waals surface area contributed by atoms with Gasteiger partial charge in [-0.3, -0.25) is 0 Å². The van der Waals surface area contributed by atoms with Crippen LogP contribution in [0.2, 0.25) is 5.02 Å². The third-order valence-electron chi connectivity index (χ3n) is 3.90. The molecule has 1 saturated heterocycles. The predicted octanol–water partition coefficient (Wildman–Crippen LogP) is 3.32. The van der Waals surface area contributed by atoms with Crippen molar-refractivity contribution >= 4 is 21.6 Å². The highest BCUT2D eigenvalue weighted by Crippen LogP contribution is 2.34. The summed E-state index contributed by atoms with van der Waals surface area (Å²) in [4.78, 5) is 0.155. The molecular formula is C15H22ClNO3S. The van der Waals surface area contributed by atoms with Gasteiger partial charge in [0.2, 0.25) is 10.0 Å². The summed E-state index contributed by atoms with van der Waals surface area (Å²) in [6, 6.07) is 3.17. The molecular weight excluding hydrogens is 310 g/mol. The van der Waals surface area contributed by atoms with Crippen molar-refractivity contribution in [1.29, 1.82) is 0 Å². The highest BCUT2D eigenvalue weighted by Gasteiger charge is 2.33. The number of sulfonamides is 1. The summed E-state index contributed by atoms with van der Waals surface area (Å²) in [5.74, 6) is 1.06. The van der Waals surface area contributed by atoms with Crippen molar-refractivity contribution in [3.8, 4) is 5.75 Å². The minimum absolute atomic E-state index is 0.155. The van der Waals surface area contributed by atoms with E-state index in [4.69, 9.17) is 16.3 Å². The standard InChI is InChI=1S/C15H22ClNO3S/c1-10-5-11(2)9-17(8-10)21(18,19)15-7-13(16)12(3)6-14(15)20-4/h6-7,10-11H,5,8-9H2,1-4H3. The Hall–Kier alpha value is -0.780. The van der Waals surface area contributed by atoms with Crippen molar-refractivity contribution < 1.29 is 13.2 Å². The SMILES string of the molecule is COc1cc(C)c(Cl)cc1S(=O)(=O)N1CC(C)CC(C)C1. The second kappa shape index (κ2) is 6.15. The Morgan fingerprint density at radius 2 is 1.81 bits per heavy atom. The van der Waals surface area contributed by atoms with Gasteiger partial charge in [-0.05, 0) is 42.9 Å². The number of aryl methyl sites for hydroxylation is 1. The monoisotopic (exact) mass is 331 g/mol. The molecule has 0 amide bonds. The Labute approximate surface area is 132 Å². The van der Waals surface area contributed by atoms with Crippen molar-refractivity contribution in [3.63, 3.8) is 0 Å². The van der Waals surface area contributed by atoms with Gasteiger partial charge in [0, 0.05) is 18.1 Å². The molecule has 0 radical (unpaired) electrons. The lowest BCUT2D eigenvalue weighted by atomic mass is 9.94. The Balaban J connectivity index is 2.46. The summed E-state index contributed by atoms with van der Waals surface area (Å²) in [5, 5.41) is 0.437. The number of hydrogen-bond acceptors (Lipinski definition) is 3. The first-order chi connectivity index (χ1) is 9.75. The van der Waals surface area contributed by atoms with E-state index in [9.17, 15) is 8.42 Å². The van der Waals surface area contributed by atoms with Crippen molar-refractivity contribution in [1.82, 2.24) is 4.31 Å². The van der Waals surface area contributed by atoms with E-state index < -0.39 is 10.0 Å². The zero-order chi connectivity index (χ0) is 15.8. The van der Waals surface area contributed by atoms with E-state index in [1.54, 1.807) is 10.4 Å². The molecule has 2 atom stereocenters. The lowest BCUT2D eigenvalue weighted by Gasteiger charge is -2.34. The lowest BCUT2D eigenvalue weighted by molar-refractivity contribution is 0.222. The molecule has 0 N–H and O–H groups in total. The molecule has 1 aromatic carbocycles. The molecule has 1 fully saturated rings. The smallest absolute Gasteiger partial charge is 0.246 e. The van der Waals surface area contributed by atoms with Crippen molar-refractivity contribution in [2.45, 2.75) is 32.1 Å². The number of piperidine rings is 1. The normalized spacial score (nSPS) is 24.0. The van der Waals surface area contributed by atoms with Gasteiger partial charge < -0.3 is 4.74 Å². The largest absolute Gasteiger partial charge is 0.495 e. The predicted molar refractivity (Wildman–Crippen MR) is 84.4 cm³/mol. The summed E-state index contributed by atoms with van der Waals surface area (Å²) >= 11 is 6.11. The fourth-order valence-electron chi connectivity index (χ4n) is 2.94. The van der Waals surface area contributed by atoms with Crippen LogP contribution in [0, 0.1) is 18.8 Å². The fraction of sp³-hybridized carbons (Fsp3) is 0.600. The average Bonchev–Trinajstić information content (AvgIpc) is 2.40. The van der Waals surface area contributed by atoms with Gasteiger partial charge in [-0.2, -0.15) is 4.31 Å². The van der Waals surface area contributed by atoms with Gasteiger partial charge in [-0.15, -0.1) is 0 Å². The second-order valence-corrected chi connectivity index (χ2v) is 8.33. The first kappa shape index (κ1) is 16.6. The number of rotatable bonds is 3. The molecule has 0 saturated carbocycles. The van der Waals surface area contributed by atoms with Crippen LogP contribution < -0.4 is 4.74 Å². The van der Waals surface area contributed by atoms with Crippen molar-refractivity contribution in [3.05, 3.63) is 22.7 Å². The van der Waals surface area contributed by atoms with E-state index >= 15 is 0 Å². The number of nitrogens with zero attached hydrogens (tertiary/aromatic N) is 1. The number of ether oxygens (including phenoxy) is 1. The number of methoxy groups -OCH3 is 1. The van der Waals surface area contributed by atoms with E-state index in [0.717, 1.165) is 12.0 Å². The first-order valence-corrected chi connectivity index (χ1v) is 8.91. The van der Waals surface area contributed by atoms with Gasteiger partial charge in [0.15, 0.2) is 0 Å². The maximum atomic E-state index is 12.9. The molecule has 6 heteroatoms. The summed E-state index contributed by atoms with van der Waals surface area (Å²) < 4.78 is 32.6. The summed E-state index contributed by atoms with van der Waals surface area (Å²) in [6.45, 7) is 7.07. The van der Waals surface area contributed by atoms with Gasteiger partial charge in [0.1, 0.15) is 10.6 Å².